The molecule has 0 amide bonds. The van der Waals surface area contributed by atoms with Gasteiger partial charge in [-0.2, -0.15) is 0 Å². The van der Waals surface area contributed by atoms with Crippen molar-refractivity contribution in [3.8, 4) is 0 Å². The standard InChI is InChI=1S/2C18H36O2.Al.Mg/c2*1-2-3-4-5-6-7-8-9-10-11-12-13-14-15-16-17-18(19)20;;/h2*2-17H2,1H3,(H,19,20);;/q;;+3;+2/p-2. The zero-order valence-electron chi connectivity index (χ0n) is 28.5. The van der Waals surface area contributed by atoms with Crippen LogP contribution in [0.15, 0.2) is 0 Å². The van der Waals surface area contributed by atoms with E-state index in [0.717, 1.165) is 25.7 Å². The molecule has 0 N–H and O–H groups in total. The van der Waals surface area contributed by atoms with Crippen molar-refractivity contribution in [2.75, 3.05) is 0 Å². The Hall–Kier alpha value is 0.239. The first-order chi connectivity index (χ1) is 19.5. The van der Waals surface area contributed by atoms with Crippen molar-refractivity contribution in [2.45, 2.75) is 219 Å². The van der Waals surface area contributed by atoms with Gasteiger partial charge in [-0.05, 0) is 25.7 Å². The van der Waals surface area contributed by atoms with Gasteiger partial charge in [-0.25, -0.2) is 0 Å². The van der Waals surface area contributed by atoms with Crippen LogP contribution in [0.1, 0.15) is 219 Å². The molecule has 0 bridgehead atoms. The molecule has 240 valence electrons. The molecular weight excluding hydrogens is 548 g/mol. The molecule has 0 aromatic carbocycles. The van der Waals surface area contributed by atoms with E-state index in [4.69, 9.17) is 0 Å². The van der Waals surface area contributed by atoms with Crippen molar-refractivity contribution in [1.82, 2.24) is 0 Å². The smallest absolute Gasteiger partial charge is 0.550 e. The summed E-state index contributed by atoms with van der Waals surface area (Å²) in [4.78, 5) is 20.4. The summed E-state index contributed by atoms with van der Waals surface area (Å²) in [5.74, 6) is -1.81. The topological polar surface area (TPSA) is 80.3 Å². The summed E-state index contributed by atoms with van der Waals surface area (Å²) in [6.45, 7) is 4.53. The number of rotatable bonds is 32. The van der Waals surface area contributed by atoms with E-state index in [9.17, 15) is 19.8 Å². The van der Waals surface area contributed by atoms with Crippen LogP contribution in [0.4, 0.5) is 0 Å². The van der Waals surface area contributed by atoms with E-state index < -0.39 is 11.9 Å². The Balaban J connectivity index is -0.000000328. The molecule has 0 heterocycles. The third-order valence-electron chi connectivity index (χ3n) is 7.97. The van der Waals surface area contributed by atoms with Crippen molar-refractivity contribution >= 4 is 52.4 Å². The number of hydrogen-bond acceptors (Lipinski definition) is 4. The summed E-state index contributed by atoms with van der Waals surface area (Å²) in [6.07, 6.45) is 39.7. The van der Waals surface area contributed by atoms with E-state index in [1.165, 1.54) is 167 Å². The summed E-state index contributed by atoms with van der Waals surface area (Å²) in [7, 11) is 0. The van der Waals surface area contributed by atoms with Crippen molar-refractivity contribution in [3.63, 3.8) is 0 Å². The van der Waals surface area contributed by atoms with Crippen LogP contribution in [0.3, 0.4) is 0 Å². The third-order valence-corrected chi connectivity index (χ3v) is 7.97. The number of aliphatic carboxylic acids is 2. The van der Waals surface area contributed by atoms with Crippen LogP contribution in [-0.4, -0.2) is 52.4 Å². The average Bonchev–Trinajstić information content (AvgIpc) is 2.93. The van der Waals surface area contributed by atoms with Gasteiger partial charge < -0.3 is 19.8 Å². The molecule has 0 aromatic rings. The number of unbranched alkanes of at least 4 members (excludes halogenated alkanes) is 28. The molecule has 0 aliphatic carbocycles. The molecule has 0 spiro atoms. The Kier molecular flexibility index (Phi) is 53.4. The zero-order valence-corrected chi connectivity index (χ0v) is 31.1. The Morgan fingerprint density at radius 3 is 0.619 bits per heavy atom. The summed E-state index contributed by atoms with van der Waals surface area (Å²) < 4.78 is 0. The number of hydrogen-bond donors (Lipinski definition) is 0. The monoisotopic (exact) mass is 617 g/mol. The minimum absolute atomic E-state index is 0. The maximum absolute atomic E-state index is 10.2. The van der Waals surface area contributed by atoms with Gasteiger partial charge in [0, 0.05) is 11.9 Å². The maximum atomic E-state index is 10.2. The minimum Gasteiger partial charge on any atom is -0.550 e. The van der Waals surface area contributed by atoms with E-state index in [-0.39, 0.29) is 53.3 Å². The quantitative estimate of drug-likeness (QED) is 0.0556. The number of carboxylic acids is 2. The molecule has 0 aliphatic rings. The van der Waals surface area contributed by atoms with Gasteiger partial charge in [-0.15, -0.1) is 0 Å². The zero-order chi connectivity index (χ0) is 29.8. The van der Waals surface area contributed by atoms with E-state index in [1.807, 2.05) is 0 Å². The Morgan fingerprint density at radius 2 is 0.476 bits per heavy atom. The van der Waals surface area contributed by atoms with Crippen LogP contribution in [0.25, 0.3) is 0 Å². The van der Waals surface area contributed by atoms with Crippen molar-refractivity contribution in [3.05, 3.63) is 0 Å². The van der Waals surface area contributed by atoms with E-state index in [1.54, 1.807) is 0 Å². The molecule has 6 heteroatoms. The molecule has 0 radical (unpaired) electrons. The molecule has 0 atom stereocenters. The molecule has 0 saturated heterocycles. The molecule has 0 aromatic heterocycles. The van der Waals surface area contributed by atoms with Gasteiger partial charge in [0.15, 0.2) is 0 Å². The molecule has 0 saturated carbocycles. The molecule has 42 heavy (non-hydrogen) atoms. The molecule has 0 rings (SSSR count). The molecule has 0 fully saturated rings. The number of carbonyl (C=O) groups is 2. The summed E-state index contributed by atoms with van der Waals surface area (Å²) in [5, 5.41) is 20.4. The van der Waals surface area contributed by atoms with Crippen molar-refractivity contribution < 1.29 is 19.8 Å². The van der Waals surface area contributed by atoms with Crippen LogP contribution in [0.5, 0.6) is 0 Å². The maximum Gasteiger partial charge on any atom is 3.00 e. The fourth-order valence-electron chi connectivity index (χ4n) is 5.28. The van der Waals surface area contributed by atoms with Gasteiger partial charge in [-0.3, -0.25) is 0 Å². The van der Waals surface area contributed by atoms with Crippen molar-refractivity contribution in [2.24, 2.45) is 0 Å². The van der Waals surface area contributed by atoms with E-state index >= 15 is 0 Å². The van der Waals surface area contributed by atoms with Gasteiger partial charge in [0.25, 0.3) is 0 Å². The first-order valence-corrected chi connectivity index (χ1v) is 17.9. The first kappa shape index (κ1) is 49.1. The fourth-order valence-corrected chi connectivity index (χ4v) is 5.28. The van der Waals surface area contributed by atoms with E-state index in [2.05, 4.69) is 13.8 Å². The normalized spacial score (nSPS) is 10.3. The summed E-state index contributed by atoms with van der Waals surface area (Å²) in [6, 6.07) is 0. The second kappa shape index (κ2) is 45.7. The van der Waals surface area contributed by atoms with Gasteiger partial charge in [0.1, 0.15) is 0 Å². The van der Waals surface area contributed by atoms with Crippen LogP contribution in [0.2, 0.25) is 0 Å². The predicted molar refractivity (Wildman–Crippen MR) is 181 cm³/mol. The second-order valence-electron chi connectivity index (χ2n) is 12.1. The Bertz CT molecular complexity index is 461. The van der Waals surface area contributed by atoms with Crippen LogP contribution >= 0.6 is 0 Å². The first-order valence-electron chi connectivity index (χ1n) is 17.9. The van der Waals surface area contributed by atoms with E-state index in [0.29, 0.717) is 0 Å². The molecule has 0 aliphatic heterocycles. The third kappa shape index (κ3) is 52.8. The fraction of sp³-hybridized carbons (Fsp3) is 0.944. The molecular formula is C36H70AlMgO4+3. The SMILES string of the molecule is CCCCCCCCCCCCCCCCCC(=O)[O-].CCCCCCCCCCCCCCCCCC(=O)[O-].[Al+3].[Mg+2]. The molecule has 0 unspecified atom stereocenters. The predicted octanol–water partition coefficient (Wildman–Crippen LogP) is 9.23. The largest absolute Gasteiger partial charge is 3.00 e. The van der Waals surface area contributed by atoms with Gasteiger partial charge in [0.2, 0.25) is 0 Å². The molecule has 4 nitrogen and oxygen atoms in total. The van der Waals surface area contributed by atoms with Crippen LogP contribution in [0, 0.1) is 0 Å². The Labute approximate surface area is 290 Å². The van der Waals surface area contributed by atoms with Crippen LogP contribution in [-0.2, 0) is 9.59 Å². The number of carbonyl (C=O) groups excluding carboxylic acids is 2. The number of carboxylic acid groups (broad SMARTS) is 2. The summed E-state index contributed by atoms with van der Waals surface area (Å²) in [5.41, 5.74) is 0. The van der Waals surface area contributed by atoms with Gasteiger partial charge >= 0.3 is 40.4 Å². The average molecular weight is 618 g/mol. The van der Waals surface area contributed by atoms with Crippen LogP contribution < -0.4 is 10.2 Å². The minimum atomic E-state index is -0.903. The van der Waals surface area contributed by atoms with Crippen molar-refractivity contribution in [1.29, 1.82) is 0 Å². The second-order valence-corrected chi connectivity index (χ2v) is 12.1. The summed E-state index contributed by atoms with van der Waals surface area (Å²) >= 11 is 0. The van der Waals surface area contributed by atoms with Gasteiger partial charge in [0.05, 0.1) is 0 Å². The Morgan fingerprint density at radius 1 is 0.333 bits per heavy atom. The van der Waals surface area contributed by atoms with Gasteiger partial charge in [-0.1, -0.05) is 194 Å².